The Morgan fingerprint density at radius 3 is 2.63 bits per heavy atom. The first-order valence-corrected chi connectivity index (χ1v) is 8.38. The smallest absolute Gasteiger partial charge is 0.275 e. The molecule has 3 aromatic rings. The fourth-order valence-electron chi connectivity index (χ4n) is 2.46. The van der Waals surface area contributed by atoms with E-state index in [4.69, 9.17) is 4.52 Å². The van der Waals surface area contributed by atoms with Crippen LogP contribution in [0.2, 0.25) is 0 Å². The number of amides is 2. The fourth-order valence-corrected chi connectivity index (χ4v) is 2.46. The number of rotatable bonds is 6. The number of nitrogens with one attached hydrogen (secondary N) is 1. The van der Waals surface area contributed by atoms with Gasteiger partial charge in [-0.1, -0.05) is 5.16 Å². The summed E-state index contributed by atoms with van der Waals surface area (Å²) in [5, 5.41) is 6.29. The summed E-state index contributed by atoms with van der Waals surface area (Å²) in [4.78, 5) is 34.5. The lowest BCUT2D eigenvalue weighted by atomic mass is 10.1. The Kier molecular flexibility index (Phi) is 5.55. The molecule has 0 unspecified atom stereocenters. The molecule has 8 nitrogen and oxygen atoms in total. The number of carbonyl (C=O) groups is 2. The van der Waals surface area contributed by atoms with Gasteiger partial charge >= 0.3 is 0 Å². The van der Waals surface area contributed by atoms with Crippen molar-refractivity contribution in [2.75, 3.05) is 18.9 Å². The minimum Gasteiger partial charge on any atom is -0.360 e. The molecule has 0 aliphatic heterocycles. The van der Waals surface area contributed by atoms with E-state index >= 15 is 0 Å². The average Bonchev–Trinajstić information content (AvgIpc) is 3.11. The van der Waals surface area contributed by atoms with Crippen LogP contribution in [0.25, 0.3) is 0 Å². The highest BCUT2D eigenvalue weighted by Crippen LogP contribution is 2.11. The average molecular weight is 365 g/mol. The maximum Gasteiger partial charge on any atom is 0.275 e. The Bertz CT molecular complexity index is 939. The van der Waals surface area contributed by atoms with E-state index in [0.29, 0.717) is 30.1 Å². The van der Waals surface area contributed by atoms with Crippen molar-refractivity contribution >= 4 is 17.6 Å². The molecule has 1 N–H and O–H groups in total. The van der Waals surface area contributed by atoms with Gasteiger partial charge < -0.3 is 14.7 Å². The highest BCUT2D eigenvalue weighted by molar-refractivity contribution is 6.04. The minimum absolute atomic E-state index is 0.129. The molecule has 27 heavy (non-hydrogen) atoms. The Balaban J connectivity index is 1.64. The fraction of sp³-hybridized carbons (Fsp3) is 0.211. The van der Waals surface area contributed by atoms with Crippen LogP contribution in [0.1, 0.15) is 32.2 Å². The largest absolute Gasteiger partial charge is 0.360 e. The Hall–Kier alpha value is -3.55. The van der Waals surface area contributed by atoms with Gasteiger partial charge in [-0.05, 0) is 43.2 Å². The number of pyridine rings is 2. The monoisotopic (exact) mass is 365 g/mol. The SMILES string of the molecule is Cc1cc(NC(=O)c2cc(C(=O)N(C)CCc3ccncc3)ccn2)no1. The van der Waals surface area contributed by atoms with E-state index in [1.54, 1.807) is 43.4 Å². The molecule has 0 saturated carbocycles. The van der Waals surface area contributed by atoms with E-state index in [1.165, 1.54) is 12.3 Å². The first-order chi connectivity index (χ1) is 13.0. The maximum atomic E-state index is 12.6. The molecule has 0 saturated heterocycles. The third kappa shape index (κ3) is 4.75. The zero-order chi connectivity index (χ0) is 19.2. The Morgan fingerprint density at radius 1 is 1.15 bits per heavy atom. The number of aryl methyl sites for hydroxylation is 1. The summed E-state index contributed by atoms with van der Waals surface area (Å²) in [6, 6.07) is 8.48. The quantitative estimate of drug-likeness (QED) is 0.719. The summed E-state index contributed by atoms with van der Waals surface area (Å²) >= 11 is 0. The van der Waals surface area contributed by atoms with Gasteiger partial charge in [0, 0.05) is 43.8 Å². The van der Waals surface area contributed by atoms with Gasteiger partial charge in [0.15, 0.2) is 5.82 Å². The number of carbonyl (C=O) groups excluding carboxylic acids is 2. The van der Waals surface area contributed by atoms with Crippen molar-refractivity contribution in [3.8, 4) is 0 Å². The second kappa shape index (κ2) is 8.22. The van der Waals surface area contributed by atoms with Crippen LogP contribution in [0, 0.1) is 6.92 Å². The van der Waals surface area contributed by atoms with Gasteiger partial charge in [0.2, 0.25) is 0 Å². The van der Waals surface area contributed by atoms with Gasteiger partial charge in [0.05, 0.1) is 0 Å². The Morgan fingerprint density at radius 2 is 1.93 bits per heavy atom. The molecule has 138 valence electrons. The van der Waals surface area contributed by atoms with Gasteiger partial charge in [0.1, 0.15) is 11.5 Å². The van der Waals surface area contributed by atoms with Crippen molar-refractivity contribution in [3.05, 3.63) is 71.5 Å². The molecule has 0 aliphatic carbocycles. The predicted octanol–water partition coefficient (Wildman–Crippen LogP) is 2.34. The van der Waals surface area contributed by atoms with Crippen molar-refractivity contribution in [1.29, 1.82) is 0 Å². The van der Waals surface area contributed by atoms with Gasteiger partial charge in [-0.15, -0.1) is 0 Å². The number of anilines is 1. The van der Waals surface area contributed by atoms with Crippen LogP contribution in [0.5, 0.6) is 0 Å². The molecule has 0 bridgehead atoms. The highest BCUT2D eigenvalue weighted by Gasteiger charge is 2.16. The lowest BCUT2D eigenvalue weighted by Crippen LogP contribution is -2.29. The maximum absolute atomic E-state index is 12.6. The molecule has 0 spiro atoms. The molecular weight excluding hydrogens is 346 g/mol. The van der Waals surface area contributed by atoms with Crippen LogP contribution in [0.4, 0.5) is 5.82 Å². The lowest BCUT2D eigenvalue weighted by Gasteiger charge is -2.17. The Labute approximate surface area is 156 Å². The molecule has 0 aromatic carbocycles. The second-order valence-electron chi connectivity index (χ2n) is 6.04. The normalized spacial score (nSPS) is 10.4. The first kappa shape index (κ1) is 18.2. The summed E-state index contributed by atoms with van der Waals surface area (Å²) in [5.41, 5.74) is 1.62. The van der Waals surface area contributed by atoms with Crippen LogP contribution in [-0.2, 0) is 6.42 Å². The summed E-state index contributed by atoms with van der Waals surface area (Å²) in [6.07, 6.45) is 5.60. The summed E-state index contributed by atoms with van der Waals surface area (Å²) in [6.45, 7) is 2.27. The standard InChI is InChI=1S/C19H19N5O3/c1-13-11-17(23-27-13)22-18(25)16-12-15(5-9-21-16)19(26)24(2)10-6-14-3-7-20-8-4-14/h3-5,7-9,11-12H,6,10H2,1-2H3,(H,22,23,25). The van der Waals surface area contributed by atoms with Crippen molar-refractivity contribution in [2.24, 2.45) is 0 Å². The highest BCUT2D eigenvalue weighted by atomic mass is 16.5. The number of likely N-dealkylation sites (N-methyl/N-ethyl adjacent to an activating group) is 1. The zero-order valence-corrected chi connectivity index (χ0v) is 15.0. The van der Waals surface area contributed by atoms with Crippen molar-refractivity contribution in [3.63, 3.8) is 0 Å². The third-order valence-corrected chi connectivity index (χ3v) is 3.94. The molecule has 3 heterocycles. The van der Waals surface area contributed by atoms with E-state index in [-0.39, 0.29) is 11.6 Å². The minimum atomic E-state index is -0.461. The lowest BCUT2D eigenvalue weighted by molar-refractivity contribution is 0.0796. The van der Waals surface area contributed by atoms with E-state index in [0.717, 1.165) is 5.56 Å². The number of hydrogen-bond donors (Lipinski definition) is 1. The number of hydrogen-bond acceptors (Lipinski definition) is 6. The van der Waals surface area contributed by atoms with E-state index in [2.05, 4.69) is 20.4 Å². The van der Waals surface area contributed by atoms with Crippen molar-refractivity contribution in [1.82, 2.24) is 20.0 Å². The summed E-state index contributed by atoms with van der Waals surface area (Å²) in [5.74, 6) is 0.235. The van der Waals surface area contributed by atoms with Gasteiger partial charge in [-0.3, -0.25) is 19.6 Å². The molecule has 0 aliphatic rings. The zero-order valence-electron chi connectivity index (χ0n) is 15.0. The second-order valence-corrected chi connectivity index (χ2v) is 6.04. The van der Waals surface area contributed by atoms with E-state index < -0.39 is 5.91 Å². The van der Waals surface area contributed by atoms with Crippen molar-refractivity contribution in [2.45, 2.75) is 13.3 Å². The van der Waals surface area contributed by atoms with Crippen LogP contribution < -0.4 is 5.32 Å². The summed E-state index contributed by atoms with van der Waals surface area (Å²) in [7, 11) is 1.72. The molecule has 0 radical (unpaired) electrons. The molecule has 8 heteroatoms. The van der Waals surface area contributed by atoms with Crippen LogP contribution in [-0.4, -0.2) is 45.4 Å². The molecular formula is C19H19N5O3. The third-order valence-electron chi connectivity index (χ3n) is 3.94. The molecule has 0 atom stereocenters. The van der Waals surface area contributed by atoms with E-state index in [9.17, 15) is 9.59 Å². The topological polar surface area (TPSA) is 101 Å². The van der Waals surface area contributed by atoms with Gasteiger partial charge in [0.25, 0.3) is 11.8 Å². The van der Waals surface area contributed by atoms with Crippen LogP contribution in [0.3, 0.4) is 0 Å². The molecule has 3 rings (SSSR count). The molecule has 3 aromatic heterocycles. The first-order valence-electron chi connectivity index (χ1n) is 8.38. The number of aromatic nitrogens is 3. The molecule has 2 amide bonds. The van der Waals surface area contributed by atoms with Gasteiger partial charge in [-0.2, -0.15) is 0 Å². The molecule has 0 fully saturated rings. The van der Waals surface area contributed by atoms with E-state index in [1.807, 2.05) is 12.1 Å². The predicted molar refractivity (Wildman–Crippen MR) is 98.3 cm³/mol. The van der Waals surface area contributed by atoms with Gasteiger partial charge in [-0.25, -0.2) is 0 Å². The number of nitrogens with zero attached hydrogens (tertiary/aromatic N) is 4. The summed E-state index contributed by atoms with van der Waals surface area (Å²) < 4.78 is 4.91. The van der Waals surface area contributed by atoms with Crippen molar-refractivity contribution < 1.29 is 14.1 Å². The van der Waals surface area contributed by atoms with Crippen LogP contribution >= 0.6 is 0 Å². The van der Waals surface area contributed by atoms with Crippen LogP contribution in [0.15, 0.2) is 53.4 Å².